The third kappa shape index (κ3) is 2.61. The van der Waals surface area contributed by atoms with Crippen LogP contribution in [0, 0.1) is 0 Å². The lowest BCUT2D eigenvalue weighted by Crippen LogP contribution is -2.19. The predicted octanol–water partition coefficient (Wildman–Crippen LogP) is 1.83. The maximum absolute atomic E-state index is 12.1. The van der Waals surface area contributed by atoms with Gasteiger partial charge in [0, 0.05) is 6.54 Å². The summed E-state index contributed by atoms with van der Waals surface area (Å²) in [6, 6.07) is 0. The van der Waals surface area contributed by atoms with E-state index in [2.05, 4.69) is 20.4 Å². The fraction of sp³-hybridized carbons (Fsp3) is 0.200. The Morgan fingerprint density at radius 2 is 2.21 bits per heavy atom. The van der Waals surface area contributed by atoms with Gasteiger partial charge in [0.1, 0.15) is 17.0 Å². The minimum absolute atomic E-state index is 0.0592. The average molecular weight is 301 g/mol. The van der Waals surface area contributed by atoms with E-state index in [1.54, 1.807) is 0 Å². The van der Waals surface area contributed by atoms with Gasteiger partial charge in [0.25, 0.3) is 5.91 Å². The molecular formula is C10H10Cl2N6O. The number of hydrogen-bond acceptors (Lipinski definition) is 5. The van der Waals surface area contributed by atoms with Crippen LogP contribution >= 0.6 is 23.2 Å². The molecule has 2 heterocycles. The third-order valence-corrected chi connectivity index (χ3v) is 3.10. The molecule has 19 heavy (non-hydrogen) atoms. The summed E-state index contributed by atoms with van der Waals surface area (Å²) in [6.45, 7) is 2.36. The summed E-state index contributed by atoms with van der Waals surface area (Å²) in [6.07, 6.45) is 2.61. The van der Waals surface area contributed by atoms with E-state index in [0.29, 0.717) is 6.54 Å². The first-order valence-electron chi connectivity index (χ1n) is 5.33. The molecule has 0 unspecified atom stereocenters. The Balaban J connectivity index is 2.31. The number of nitrogens with zero attached hydrogens (tertiary/aromatic N) is 4. The first-order valence-corrected chi connectivity index (χ1v) is 6.08. The zero-order valence-electron chi connectivity index (χ0n) is 9.89. The molecule has 2 rings (SSSR count). The van der Waals surface area contributed by atoms with Crippen LogP contribution < -0.4 is 11.1 Å². The SMILES string of the molecule is CCn1ncc(N)c1C(=O)Nc1ncnc(Cl)c1Cl. The van der Waals surface area contributed by atoms with E-state index in [-0.39, 0.29) is 27.4 Å². The summed E-state index contributed by atoms with van der Waals surface area (Å²) >= 11 is 11.6. The number of hydrogen-bond donors (Lipinski definition) is 2. The van der Waals surface area contributed by atoms with Crippen LogP contribution in [0.15, 0.2) is 12.5 Å². The molecule has 2 aromatic rings. The van der Waals surface area contributed by atoms with E-state index < -0.39 is 5.91 Å². The van der Waals surface area contributed by atoms with E-state index in [9.17, 15) is 4.79 Å². The van der Waals surface area contributed by atoms with Crippen molar-refractivity contribution in [3.63, 3.8) is 0 Å². The molecule has 100 valence electrons. The highest BCUT2D eigenvalue weighted by atomic mass is 35.5. The number of halogens is 2. The number of nitrogens with one attached hydrogen (secondary N) is 1. The molecule has 0 atom stereocenters. The number of rotatable bonds is 3. The minimum atomic E-state index is -0.464. The smallest absolute Gasteiger partial charge is 0.277 e. The number of carbonyl (C=O) groups is 1. The molecule has 1 amide bonds. The predicted molar refractivity (Wildman–Crippen MR) is 72.3 cm³/mol. The topological polar surface area (TPSA) is 98.7 Å². The molecule has 9 heteroatoms. The molecule has 0 aliphatic heterocycles. The van der Waals surface area contributed by atoms with Crippen LogP contribution in [0.4, 0.5) is 11.5 Å². The van der Waals surface area contributed by atoms with Gasteiger partial charge in [0.2, 0.25) is 0 Å². The van der Waals surface area contributed by atoms with Crippen molar-refractivity contribution < 1.29 is 4.79 Å². The van der Waals surface area contributed by atoms with E-state index >= 15 is 0 Å². The number of aromatic nitrogens is 4. The monoisotopic (exact) mass is 300 g/mol. The van der Waals surface area contributed by atoms with Gasteiger partial charge in [-0.2, -0.15) is 5.10 Å². The van der Waals surface area contributed by atoms with Crippen LogP contribution in [0.2, 0.25) is 10.2 Å². The van der Waals surface area contributed by atoms with Crippen molar-refractivity contribution >= 4 is 40.6 Å². The van der Waals surface area contributed by atoms with Crippen molar-refractivity contribution in [2.75, 3.05) is 11.1 Å². The molecule has 0 saturated carbocycles. The molecular weight excluding hydrogens is 291 g/mol. The van der Waals surface area contributed by atoms with Crippen molar-refractivity contribution in [2.45, 2.75) is 13.5 Å². The largest absolute Gasteiger partial charge is 0.396 e. The lowest BCUT2D eigenvalue weighted by Gasteiger charge is -2.08. The van der Waals surface area contributed by atoms with Crippen LogP contribution in [0.5, 0.6) is 0 Å². The lowest BCUT2D eigenvalue weighted by atomic mass is 10.3. The second kappa shape index (κ2) is 5.41. The summed E-state index contributed by atoms with van der Waals surface area (Å²) < 4.78 is 1.47. The molecule has 0 fully saturated rings. The highest BCUT2D eigenvalue weighted by Crippen LogP contribution is 2.26. The van der Waals surface area contributed by atoms with E-state index in [1.807, 2.05) is 6.92 Å². The van der Waals surface area contributed by atoms with Gasteiger partial charge in [-0.15, -0.1) is 0 Å². The van der Waals surface area contributed by atoms with E-state index in [0.717, 1.165) is 0 Å². The Morgan fingerprint density at radius 1 is 1.47 bits per heavy atom. The number of aryl methyl sites for hydroxylation is 1. The summed E-state index contributed by atoms with van der Waals surface area (Å²) in [5.74, 6) is -0.344. The molecule has 0 aliphatic rings. The maximum Gasteiger partial charge on any atom is 0.277 e. The van der Waals surface area contributed by atoms with Crippen LogP contribution in [0.3, 0.4) is 0 Å². The van der Waals surface area contributed by atoms with Gasteiger partial charge in [-0.3, -0.25) is 9.48 Å². The van der Waals surface area contributed by atoms with Crippen molar-refractivity contribution in [3.8, 4) is 0 Å². The third-order valence-electron chi connectivity index (χ3n) is 2.36. The summed E-state index contributed by atoms with van der Waals surface area (Å²) in [5, 5.41) is 6.63. The Morgan fingerprint density at radius 3 is 2.89 bits per heavy atom. The molecule has 3 N–H and O–H groups in total. The van der Waals surface area contributed by atoms with Crippen molar-refractivity contribution in [3.05, 3.63) is 28.4 Å². The molecule has 0 saturated heterocycles. The number of amides is 1. The van der Waals surface area contributed by atoms with Crippen molar-refractivity contribution in [2.24, 2.45) is 0 Å². The second-order valence-corrected chi connectivity index (χ2v) is 4.28. The Kier molecular flexibility index (Phi) is 3.87. The fourth-order valence-corrected chi connectivity index (χ4v) is 1.77. The van der Waals surface area contributed by atoms with Gasteiger partial charge in [-0.05, 0) is 6.92 Å². The first-order chi connectivity index (χ1) is 9.04. The number of nitrogen functional groups attached to an aromatic ring is 1. The van der Waals surface area contributed by atoms with E-state index in [1.165, 1.54) is 17.2 Å². The zero-order valence-corrected chi connectivity index (χ0v) is 11.4. The molecule has 0 aromatic carbocycles. The van der Waals surface area contributed by atoms with Gasteiger partial charge in [0.05, 0.1) is 11.9 Å². The normalized spacial score (nSPS) is 10.5. The molecule has 0 spiro atoms. The molecule has 7 nitrogen and oxygen atoms in total. The minimum Gasteiger partial charge on any atom is -0.396 e. The summed E-state index contributed by atoms with van der Waals surface area (Å²) in [4.78, 5) is 19.7. The van der Waals surface area contributed by atoms with Gasteiger partial charge < -0.3 is 11.1 Å². The summed E-state index contributed by atoms with van der Waals surface area (Å²) in [5.41, 5.74) is 6.22. The Hall–Kier alpha value is -1.86. The Labute approximate surface area is 118 Å². The maximum atomic E-state index is 12.1. The first kappa shape index (κ1) is 13.6. The molecule has 0 radical (unpaired) electrons. The average Bonchev–Trinajstić information content (AvgIpc) is 2.76. The zero-order chi connectivity index (χ0) is 14.0. The fourth-order valence-electron chi connectivity index (χ4n) is 1.49. The van der Waals surface area contributed by atoms with Crippen LogP contribution in [0.1, 0.15) is 17.4 Å². The highest BCUT2D eigenvalue weighted by Gasteiger charge is 2.18. The van der Waals surface area contributed by atoms with Crippen LogP contribution in [-0.4, -0.2) is 25.7 Å². The molecule has 0 bridgehead atoms. The Bertz CT molecular complexity index is 626. The van der Waals surface area contributed by atoms with Gasteiger partial charge >= 0.3 is 0 Å². The van der Waals surface area contributed by atoms with Crippen LogP contribution in [-0.2, 0) is 6.54 Å². The van der Waals surface area contributed by atoms with Crippen molar-refractivity contribution in [1.29, 1.82) is 0 Å². The van der Waals surface area contributed by atoms with Gasteiger partial charge in [-0.1, -0.05) is 23.2 Å². The second-order valence-electron chi connectivity index (χ2n) is 3.55. The quantitative estimate of drug-likeness (QED) is 0.843. The van der Waals surface area contributed by atoms with Crippen molar-refractivity contribution in [1.82, 2.24) is 19.7 Å². The van der Waals surface area contributed by atoms with Crippen LogP contribution in [0.25, 0.3) is 0 Å². The number of carbonyl (C=O) groups excluding carboxylic acids is 1. The number of nitrogens with two attached hydrogens (primary N) is 1. The number of anilines is 2. The molecule has 2 aromatic heterocycles. The lowest BCUT2D eigenvalue weighted by molar-refractivity contribution is 0.101. The highest BCUT2D eigenvalue weighted by molar-refractivity contribution is 6.43. The summed E-state index contributed by atoms with van der Waals surface area (Å²) in [7, 11) is 0. The standard InChI is InChI=1S/C10H10Cl2N6O/c1-2-18-7(5(13)3-16-18)10(19)17-9-6(11)8(12)14-4-15-9/h3-4H,2,13H2,1H3,(H,14,15,17,19). The van der Waals surface area contributed by atoms with Gasteiger partial charge in [-0.25, -0.2) is 9.97 Å². The molecule has 0 aliphatic carbocycles. The van der Waals surface area contributed by atoms with Gasteiger partial charge in [0.15, 0.2) is 11.0 Å². The van der Waals surface area contributed by atoms with E-state index in [4.69, 9.17) is 28.9 Å².